The van der Waals surface area contributed by atoms with Crippen LogP contribution in [0.4, 0.5) is 0 Å². The summed E-state index contributed by atoms with van der Waals surface area (Å²) in [6.07, 6.45) is 5.03. The minimum atomic E-state index is -1.24. The zero-order chi connectivity index (χ0) is 16.6. The highest BCUT2D eigenvalue weighted by atomic mass is 16.3. The Hall–Kier alpha value is -1.47. The summed E-state index contributed by atoms with van der Waals surface area (Å²) in [5.74, 6) is -0.484. The van der Waals surface area contributed by atoms with Gasteiger partial charge in [-0.2, -0.15) is 0 Å². The quantitative estimate of drug-likeness (QED) is 0.546. The van der Waals surface area contributed by atoms with Crippen molar-refractivity contribution >= 4 is 5.91 Å². The Morgan fingerprint density at radius 2 is 2.18 bits per heavy atom. The first-order chi connectivity index (χ1) is 10.4. The molecule has 1 amide bonds. The molecule has 1 aromatic rings. The smallest absolute Gasteiger partial charge is 0.249 e. The Bertz CT molecular complexity index is 459. The molecule has 0 radical (unpaired) electrons. The largest absolute Gasteiger partial charge is 0.396 e. The fourth-order valence-electron chi connectivity index (χ4n) is 1.95. The van der Waals surface area contributed by atoms with E-state index in [1.54, 1.807) is 18.5 Å². The van der Waals surface area contributed by atoms with Gasteiger partial charge in [0.1, 0.15) is 6.10 Å². The molecular weight excluding hydrogens is 284 g/mol. The van der Waals surface area contributed by atoms with Crippen molar-refractivity contribution in [3.63, 3.8) is 0 Å². The standard InChI is InChI=1S/C15H28N4O3/c1-4-5-6-7-12-10-19(18-17-12)9-8-16-14(22)13(21)15(2,3)11-20/h10,13,20-21H,4-9,11H2,1-3H3,(H,16,22)/t13-/m0/s1. The zero-order valence-electron chi connectivity index (χ0n) is 13.7. The maximum absolute atomic E-state index is 11.8. The molecule has 1 heterocycles. The lowest BCUT2D eigenvalue weighted by Gasteiger charge is -2.27. The monoisotopic (exact) mass is 312 g/mol. The normalized spacial score (nSPS) is 13.1. The van der Waals surface area contributed by atoms with E-state index in [4.69, 9.17) is 5.11 Å². The molecule has 3 N–H and O–H groups in total. The molecule has 0 bridgehead atoms. The average Bonchev–Trinajstić information content (AvgIpc) is 2.94. The van der Waals surface area contributed by atoms with Crippen LogP contribution in [0.15, 0.2) is 6.20 Å². The molecule has 0 spiro atoms. The lowest BCUT2D eigenvalue weighted by Crippen LogP contribution is -2.46. The van der Waals surface area contributed by atoms with Crippen molar-refractivity contribution in [3.8, 4) is 0 Å². The maximum Gasteiger partial charge on any atom is 0.249 e. The predicted octanol–water partition coefficient (Wildman–Crippen LogP) is 0.506. The molecule has 0 unspecified atom stereocenters. The maximum atomic E-state index is 11.8. The van der Waals surface area contributed by atoms with E-state index < -0.39 is 17.4 Å². The Balaban J connectivity index is 2.33. The summed E-state index contributed by atoms with van der Waals surface area (Å²) in [6.45, 7) is 6.03. The summed E-state index contributed by atoms with van der Waals surface area (Å²) in [5.41, 5.74) is 0.102. The number of aliphatic hydroxyl groups is 2. The third-order valence-electron chi connectivity index (χ3n) is 3.66. The van der Waals surface area contributed by atoms with Crippen molar-refractivity contribution in [1.29, 1.82) is 0 Å². The molecule has 1 aromatic heterocycles. The van der Waals surface area contributed by atoms with Crippen molar-refractivity contribution in [2.24, 2.45) is 5.41 Å². The first kappa shape index (κ1) is 18.6. The number of hydrogen-bond acceptors (Lipinski definition) is 5. The summed E-state index contributed by atoms with van der Waals surface area (Å²) in [5, 5.41) is 29.8. The molecular formula is C15H28N4O3. The van der Waals surface area contributed by atoms with Crippen LogP contribution in [-0.4, -0.2) is 50.4 Å². The van der Waals surface area contributed by atoms with Crippen LogP contribution in [0, 0.1) is 5.41 Å². The minimum Gasteiger partial charge on any atom is -0.396 e. The SMILES string of the molecule is CCCCCc1cn(CCNC(=O)[C@H](O)C(C)(C)CO)nn1. The van der Waals surface area contributed by atoms with Crippen LogP contribution < -0.4 is 5.32 Å². The van der Waals surface area contributed by atoms with E-state index in [9.17, 15) is 9.90 Å². The third kappa shape index (κ3) is 5.73. The van der Waals surface area contributed by atoms with Crippen molar-refractivity contribution in [2.45, 2.75) is 59.1 Å². The van der Waals surface area contributed by atoms with E-state index in [1.165, 1.54) is 12.8 Å². The molecule has 0 aliphatic rings. The van der Waals surface area contributed by atoms with Crippen molar-refractivity contribution in [2.75, 3.05) is 13.2 Å². The molecule has 1 rings (SSSR count). The summed E-state index contributed by atoms with van der Waals surface area (Å²) in [6, 6.07) is 0. The summed E-state index contributed by atoms with van der Waals surface area (Å²) in [7, 11) is 0. The average molecular weight is 312 g/mol. The molecule has 0 fully saturated rings. The van der Waals surface area contributed by atoms with E-state index in [2.05, 4.69) is 22.6 Å². The van der Waals surface area contributed by atoms with Crippen LogP contribution >= 0.6 is 0 Å². The second kappa shape index (κ2) is 8.85. The van der Waals surface area contributed by atoms with Crippen LogP contribution in [0.25, 0.3) is 0 Å². The second-order valence-electron chi connectivity index (χ2n) is 6.27. The molecule has 22 heavy (non-hydrogen) atoms. The minimum absolute atomic E-state index is 0.258. The van der Waals surface area contributed by atoms with E-state index in [0.717, 1.165) is 18.5 Å². The Morgan fingerprint density at radius 3 is 2.82 bits per heavy atom. The number of aryl methyl sites for hydroxylation is 1. The fourth-order valence-corrected chi connectivity index (χ4v) is 1.95. The highest BCUT2D eigenvalue weighted by molar-refractivity contribution is 5.81. The van der Waals surface area contributed by atoms with Gasteiger partial charge >= 0.3 is 0 Å². The van der Waals surface area contributed by atoms with Crippen molar-refractivity contribution in [3.05, 3.63) is 11.9 Å². The number of carbonyl (C=O) groups excluding carboxylic acids is 1. The molecule has 7 nitrogen and oxygen atoms in total. The van der Waals surface area contributed by atoms with Gasteiger partial charge in [0.05, 0.1) is 18.8 Å². The van der Waals surface area contributed by atoms with E-state index in [0.29, 0.717) is 13.1 Å². The molecule has 0 saturated heterocycles. The van der Waals surface area contributed by atoms with Crippen LogP contribution in [0.3, 0.4) is 0 Å². The van der Waals surface area contributed by atoms with Gasteiger partial charge in [0, 0.05) is 18.2 Å². The number of unbranched alkanes of at least 4 members (excludes halogenated alkanes) is 2. The van der Waals surface area contributed by atoms with E-state index in [1.807, 2.05) is 6.20 Å². The lowest BCUT2D eigenvalue weighted by atomic mass is 9.87. The molecule has 0 aliphatic heterocycles. The fraction of sp³-hybridized carbons (Fsp3) is 0.800. The van der Waals surface area contributed by atoms with Gasteiger partial charge in [-0.15, -0.1) is 5.10 Å². The van der Waals surface area contributed by atoms with E-state index in [-0.39, 0.29) is 6.61 Å². The third-order valence-corrected chi connectivity index (χ3v) is 3.66. The number of carbonyl (C=O) groups is 1. The number of rotatable bonds is 10. The summed E-state index contributed by atoms with van der Waals surface area (Å²) < 4.78 is 1.69. The highest BCUT2D eigenvalue weighted by Crippen LogP contribution is 2.19. The van der Waals surface area contributed by atoms with Gasteiger partial charge in [0.15, 0.2) is 0 Å². The topological polar surface area (TPSA) is 100 Å². The predicted molar refractivity (Wildman–Crippen MR) is 83.1 cm³/mol. The second-order valence-corrected chi connectivity index (χ2v) is 6.27. The Kier molecular flexibility index (Phi) is 7.47. The van der Waals surface area contributed by atoms with Gasteiger partial charge in [-0.3, -0.25) is 9.48 Å². The van der Waals surface area contributed by atoms with E-state index >= 15 is 0 Å². The Morgan fingerprint density at radius 1 is 1.45 bits per heavy atom. The van der Waals surface area contributed by atoms with Crippen molar-refractivity contribution in [1.82, 2.24) is 20.3 Å². The lowest BCUT2D eigenvalue weighted by molar-refractivity contribution is -0.137. The van der Waals surface area contributed by atoms with Gasteiger partial charge in [0.2, 0.25) is 5.91 Å². The molecule has 126 valence electrons. The van der Waals surface area contributed by atoms with Crippen LogP contribution in [0.5, 0.6) is 0 Å². The van der Waals surface area contributed by atoms with Gasteiger partial charge < -0.3 is 15.5 Å². The van der Waals surface area contributed by atoms with Gasteiger partial charge in [0.25, 0.3) is 0 Å². The zero-order valence-corrected chi connectivity index (χ0v) is 13.7. The number of nitrogens with zero attached hydrogens (tertiary/aromatic N) is 3. The number of nitrogens with one attached hydrogen (secondary N) is 1. The summed E-state index contributed by atoms with van der Waals surface area (Å²) in [4.78, 5) is 11.8. The van der Waals surface area contributed by atoms with Crippen LogP contribution in [0.1, 0.15) is 45.7 Å². The van der Waals surface area contributed by atoms with Gasteiger partial charge in [-0.05, 0) is 12.8 Å². The molecule has 0 aliphatic carbocycles. The highest BCUT2D eigenvalue weighted by Gasteiger charge is 2.32. The van der Waals surface area contributed by atoms with Gasteiger partial charge in [-0.25, -0.2) is 0 Å². The molecule has 0 aromatic carbocycles. The first-order valence-corrected chi connectivity index (χ1v) is 7.86. The first-order valence-electron chi connectivity index (χ1n) is 7.86. The number of aromatic nitrogens is 3. The Labute approximate surface area is 131 Å². The van der Waals surface area contributed by atoms with Crippen LogP contribution in [0.2, 0.25) is 0 Å². The summed E-state index contributed by atoms with van der Waals surface area (Å²) >= 11 is 0. The number of aliphatic hydroxyl groups excluding tert-OH is 2. The molecule has 1 atom stereocenters. The molecule has 7 heteroatoms. The van der Waals surface area contributed by atoms with Crippen LogP contribution in [-0.2, 0) is 17.8 Å². The van der Waals surface area contributed by atoms with Crippen molar-refractivity contribution < 1.29 is 15.0 Å². The number of hydrogen-bond donors (Lipinski definition) is 3. The molecule has 0 saturated carbocycles. The number of amides is 1. The van der Waals surface area contributed by atoms with Gasteiger partial charge in [-0.1, -0.05) is 38.8 Å².